The Morgan fingerprint density at radius 2 is 1.71 bits per heavy atom. The minimum Gasteiger partial charge on any atom is -0.356 e. The molecule has 3 aliphatic rings. The van der Waals surface area contributed by atoms with Gasteiger partial charge in [-0.25, -0.2) is 18.5 Å². The molecule has 4 heterocycles. The quantitative estimate of drug-likeness (QED) is 0.335. The number of carbonyl (C=O) groups excluding carboxylic acids is 3. The molecule has 2 unspecified atom stereocenters. The van der Waals surface area contributed by atoms with Crippen LogP contribution in [0.1, 0.15) is 50.8 Å². The zero-order valence-electron chi connectivity index (χ0n) is 24.5. The number of thioether (sulfide) groups is 1. The van der Waals surface area contributed by atoms with Gasteiger partial charge in [0, 0.05) is 54.6 Å². The Morgan fingerprint density at radius 1 is 0.956 bits per heavy atom. The third-order valence-corrected chi connectivity index (χ3v) is 10.4. The van der Waals surface area contributed by atoms with E-state index in [0.29, 0.717) is 40.5 Å². The Hall–Kier alpha value is -4.20. The molecule has 0 spiro atoms. The van der Waals surface area contributed by atoms with Crippen molar-refractivity contribution in [2.45, 2.75) is 24.5 Å². The molecule has 3 aliphatic heterocycles. The molecule has 13 heteroatoms. The van der Waals surface area contributed by atoms with Crippen LogP contribution >= 0.6 is 11.8 Å². The largest absolute Gasteiger partial charge is 0.356 e. The van der Waals surface area contributed by atoms with Crippen molar-refractivity contribution in [1.82, 2.24) is 10.3 Å². The molecule has 6 rings (SSSR count). The lowest BCUT2D eigenvalue weighted by Crippen LogP contribution is -2.32. The lowest BCUT2D eigenvalue weighted by Gasteiger charge is -2.24. The lowest BCUT2D eigenvalue weighted by atomic mass is 9.96. The number of benzene rings is 2. The number of pyridine rings is 1. The normalized spacial score (nSPS) is 19.3. The second-order valence-corrected chi connectivity index (χ2v) is 14.2. The van der Waals surface area contributed by atoms with Crippen LogP contribution in [0.25, 0.3) is 0 Å². The average molecular weight is 647 g/mol. The first-order chi connectivity index (χ1) is 21.7. The summed E-state index contributed by atoms with van der Waals surface area (Å²) >= 11 is 1.42. The number of amides is 3. The highest BCUT2D eigenvalue weighted by atomic mass is 32.2. The Labute approximate surface area is 266 Å². The number of primary sulfonamides is 1. The maximum atomic E-state index is 13.8. The zero-order valence-corrected chi connectivity index (χ0v) is 26.1. The van der Waals surface area contributed by atoms with Crippen LogP contribution in [0, 0.1) is 5.92 Å². The van der Waals surface area contributed by atoms with Gasteiger partial charge in [0.15, 0.2) is 0 Å². The highest BCUT2D eigenvalue weighted by molar-refractivity contribution is 8.04. The van der Waals surface area contributed by atoms with E-state index in [-0.39, 0.29) is 41.2 Å². The molecule has 2 aromatic carbocycles. The molecule has 4 N–H and O–H groups in total. The predicted molar refractivity (Wildman–Crippen MR) is 176 cm³/mol. The molecular weight excluding hydrogens is 613 g/mol. The third kappa shape index (κ3) is 6.90. The molecule has 2 atom stereocenters. The van der Waals surface area contributed by atoms with Gasteiger partial charge in [-0.05, 0) is 73.2 Å². The molecule has 234 valence electrons. The second kappa shape index (κ2) is 13.0. The van der Waals surface area contributed by atoms with E-state index in [9.17, 15) is 22.8 Å². The highest BCUT2D eigenvalue weighted by Gasteiger charge is 2.38. The van der Waals surface area contributed by atoms with Crippen molar-refractivity contribution in [3.63, 3.8) is 0 Å². The first-order valence-electron chi connectivity index (χ1n) is 14.9. The van der Waals surface area contributed by atoms with Crippen molar-refractivity contribution < 1.29 is 22.8 Å². The van der Waals surface area contributed by atoms with Crippen molar-refractivity contribution in [2.24, 2.45) is 11.1 Å². The maximum Gasteiger partial charge on any atom is 0.259 e. The van der Waals surface area contributed by atoms with E-state index in [1.807, 2.05) is 30.3 Å². The summed E-state index contributed by atoms with van der Waals surface area (Å²) in [6.07, 6.45) is 6.42. The van der Waals surface area contributed by atoms with Gasteiger partial charge in [0.2, 0.25) is 10.0 Å². The molecule has 11 nitrogen and oxygen atoms in total. The van der Waals surface area contributed by atoms with Crippen LogP contribution in [0.4, 0.5) is 17.2 Å². The van der Waals surface area contributed by atoms with Crippen LogP contribution in [0.15, 0.2) is 77.8 Å². The molecule has 1 saturated heterocycles. The summed E-state index contributed by atoms with van der Waals surface area (Å²) in [5, 5.41) is 10.6. The summed E-state index contributed by atoms with van der Waals surface area (Å²) < 4.78 is 22.4. The van der Waals surface area contributed by atoms with E-state index in [4.69, 9.17) is 5.14 Å². The Bertz CT molecular complexity index is 1760. The summed E-state index contributed by atoms with van der Waals surface area (Å²) in [5.41, 5.74) is 3.33. The van der Waals surface area contributed by atoms with Gasteiger partial charge >= 0.3 is 0 Å². The zero-order chi connectivity index (χ0) is 31.6. The SMILES string of the molecule is NS(=O)(=O)CCNC(=O)C1=CC2CCN(C(=O)c3ccc(NC(=O)c4cccnc4N4CCCC4)cc3)c3ccccc3C2S1. The van der Waals surface area contributed by atoms with Crippen molar-refractivity contribution in [3.8, 4) is 0 Å². The molecule has 1 fully saturated rings. The van der Waals surface area contributed by atoms with E-state index in [0.717, 1.165) is 37.2 Å². The summed E-state index contributed by atoms with van der Waals surface area (Å²) in [6.45, 7) is 2.15. The number of fused-ring (bicyclic) bond motifs is 3. The number of nitrogens with one attached hydrogen (secondary N) is 2. The molecule has 3 aromatic rings. The fourth-order valence-corrected chi connectivity index (χ4v) is 7.79. The smallest absolute Gasteiger partial charge is 0.259 e. The van der Waals surface area contributed by atoms with E-state index in [1.165, 1.54) is 11.8 Å². The van der Waals surface area contributed by atoms with Crippen molar-refractivity contribution >= 4 is 56.7 Å². The lowest BCUT2D eigenvalue weighted by molar-refractivity contribution is -0.116. The molecule has 0 aliphatic carbocycles. The number of nitrogens with two attached hydrogens (primary N) is 1. The van der Waals surface area contributed by atoms with Gasteiger partial charge in [0.25, 0.3) is 17.7 Å². The van der Waals surface area contributed by atoms with Crippen molar-refractivity contribution in [2.75, 3.05) is 47.0 Å². The number of carbonyl (C=O) groups is 3. The highest BCUT2D eigenvalue weighted by Crippen LogP contribution is 2.53. The van der Waals surface area contributed by atoms with Crippen LogP contribution in [-0.4, -0.2) is 63.1 Å². The molecule has 1 aromatic heterocycles. The van der Waals surface area contributed by atoms with Crippen molar-refractivity contribution in [3.05, 3.63) is 94.5 Å². The Morgan fingerprint density at radius 3 is 2.47 bits per heavy atom. The van der Waals surface area contributed by atoms with Crippen LogP contribution < -0.4 is 25.6 Å². The first-order valence-corrected chi connectivity index (χ1v) is 17.5. The molecular formula is C32H34N6O5S2. The third-order valence-electron chi connectivity index (χ3n) is 8.20. The number of sulfonamides is 1. The van der Waals surface area contributed by atoms with Crippen molar-refractivity contribution in [1.29, 1.82) is 0 Å². The predicted octanol–water partition coefficient (Wildman–Crippen LogP) is 3.68. The monoisotopic (exact) mass is 646 g/mol. The Kier molecular flexibility index (Phi) is 8.92. The molecule has 45 heavy (non-hydrogen) atoms. The van der Waals surface area contributed by atoms with Gasteiger partial charge in [0.1, 0.15) is 5.82 Å². The van der Waals surface area contributed by atoms with Gasteiger partial charge in [-0.1, -0.05) is 24.3 Å². The van der Waals surface area contributed by atoms with Crippen LogP contribution in [0.3, 0.4) is 0 Å². The van der Waals surface area contributed by atoms with Gasteiger partial charge in [-0.3, -0.25) is 14.4 Å². The number of aromatic nitrogens is 1. The fourth-order valence-electron chi connectivity index (χ4n) is 5.99. The van der Waals surface area contributed by atoms with E-state index < -0.39 is 10.0 Å². The second-order valence-electron chi connectivity index (χ2n) is 11.3. The number of para-hydroxylation sites is 1. The van der Waals surface area contributed by atoms with Gasteiger partial charge < -0.3 is 20.4 Å². The number of nitrogens with zero attached hydrogens (tertiary/aromatic N) is 3. The summed E-state index contributed by atoms with van der Waals surface area (Å²) in [5.74, 6) is -0.361. The van der Waals surface area contributed by atoms with E-state index in [2.05, 4.69) is 20.5 Å². The van der Waals surface area contributed by atoms with Gasteiger partial charge in [0.05, 0.1) is 16.2 Å². The number of allylic oxidation sites excluding steroid dienone is 1. The van der Waals surface area contributed by atoms with Crippen LogP contribution in [0.5, 0.6) is 0 Å². The average Bonchev–Trinajstić information content (AvgIpc) is 3.69. The number of rotatable bonds is 8. The van der Waals surface area contributed by atoms with Crippen LogP contribution in [0.2, 0.25) is 0 Å². The molecule has 0 radical (unpaired) electrons. The summed E-state index contributed by atoms with van der Waals surface area (Å²) in [4.78, 5) is 48.7. The van der Waals surface area contributed by atoms with Gasteiger partial charge in [-0.15, -0.1) is 11.8 Å². The molecule has 3 amide bonds. The summed E-state index contributed by atoms with van der Waals surface area (Å²) in [6, 6.07) is 18.1. The first kappa shape index (κ1) is 30.8. The molecule has 0 bridgehead atoms. The molecule has 0 saturated carbocycles. The Balaban J connectivity index is 1.14. The topological polar surface area (TPSA) is 155 Å². The van der Waals surface area contributed by atoms with E-state index >= 15 is 0 Å². The minimum absolute atomic E-state index is 0.0171. The van der Waals surface area contributed by atoms with E-state index in [1.54, 1.807) is 47.5 Å². The standard InChI is InChI=1S/C32H34N6O5S2/c33-45(42,43)19-15-35-31(40)27-20-22-13-18-38(26-8-2-1-6-24(26)28(22)44-27)32(41)21-9-11-23(12-10-21)36-30(39)25-7-5-14-34-29(25)37-16-3-4-17-37/h1-2,5-12,14,20,22,28H,3-4,13,15-19H2,(H,35,40)(H,36,39)(H2,33,42,43). The number of hydrogen-bond acceptors (Lipinski definition) is 8. The number of hydrogen-bond donors (Lipinski definition) is 3. The number of anilines is 3. The van der Waals surface area contributed by atoms with Crippen LogP contribution in [-0.2, 0) is 14.8 Å². The fraction of sp³-hybridized carbons (Fsp3) is 0.312. The minimum atomic E-state index is -3.67. The maximum absolute atomic E-state index is 13.8. The van der Waals surface area contributed by atoms with Gasteiger partial charge in [-0.2, -0.15) is 0 Å². The summed E-state index contributed by atoms with van der Waals surface area (Å²) in [7, 11) is -3.67.